The zero-order valence-electron chi connectivity index (χ0n) is 23.5. The molecular formula is C32H39N3O2S2. The summed E-state index contributed by atoms with van der Waals surface area (Å²) in [5, 5.41) is 4.96. The quantitative estimate of drug-likeness (QED) is 0.119. The number of nitrogens with zero attached hydrogens (tertiary/aromatic N) is 3. The van der Waals surface area contributed by atoms with Crippen LogP contribution in [0.4, 0.5) is 0 Å². The molecule has 0 aliphatic carbocycles. The molecule has 3 aromatic rings. The van der Waals surface area contributed by atoms with Gasteiger partial charge in [0.2, 0.25) is 0 Å². The van der Waals surface area contributed by atoms with Crippen molar-refractivity contribution in [3.05, 3.63) is 70.8 Å². The highest BCUT2D eigenvalue weighted by atomic mass is 32.2. The predicted octanol–water partition coefficient (Wildman–Crippen LogP) is 8.44. The average Bonchev–Trinajstić information content (AvgIpc) is 3.48. The molecule has 0 saturated carbocycles. The van der Waals surface area contributed by atoms with E-state index in [4.69, 9.17) is 22.1 Å². The molecule has 1 fully saturated rings. The maximum atomic E-state index is 13.5. The third-order valence-electron chi connectivity index (χ3n) is 7.11. The van der Waals surface area contributed by atoms with E-state index in [1.807, 2.05) is 59.4 Å². The highest BCUT2D eigenvalue weighted by Gasteiger charge is 2.33. The zero-order valence-corrected chi connectivity index (χ0v) is 25.1. The summed E-state index contributed by atoms with van der Waals surface area (Å²) in [5.41, 5.74) is 4.72. The molecule has 1 unspecified atom stereocenters. The van der Waals surface area contributed by atoms with Crippen molar-refractivity contribution in [1.82, 2.24) is 14.7 Å². The van der Waals surface area contributed by atoms with Crippen LogP contribution in [0.5, 0.6) is 5.75 Å². The number of aromatic nitrogens is 2. The van der Waals surface area contributed by atoms with E-state index >= 15 is 0 Å². The number of thioether (sulfide) groups is 1. The third kappa shape index (κ3) is 7.20. The Morgan fingerprint density at radius 1 is 1.08 bits per heavy atom. The maximum Gasteiger partial charge on any atom is 0.266 e. The Labute approximate surface area is 242 Å². The van der Waals surface area contributed by atoms with Crippen molar-refractivity contribution in [2.75, 3.05) is 13.2 Å². The second-order valence-electron chi connectivity index (χ2n) is 10.1. The fourth-order valence-corrected chi connectivity index (χ4v) is 5.96. The van der Waals surface area contributed by atoms with Crippen molar-refractivity contribution < 1.29 is 9.53 Å². The smallest absolute Gasteiger partial charge is 0.266 e. The minimum atomic E-state index is -0.00536. The number of carbonyl (C=O) groups excluding carboxylic acids is 1. The van der Waals surface area contributed by atoms with Crippen LogP contribution in [-0.4, -0.2) is 38.1 Å². The lowest BCUT2D eigenvalue weighted by Crippen LogP contribution is -2.33. The van der Waals surface area contributed by atoms with Gasteiger partial charge in [0.25, 0.3) is 5.91 Å². The molecule has 1 saturated heterocycles. The van der Waals surface area contributed by atoms with Gasteiger partial charge in [-0.2, -0.15) is 5.10 Å². The van der Waals surface area contributed by atoms with Crippen LogP contribution in [0.1, 0.15) is 70.4 Å². The number of rotatable bonds is 13. The lowest BCUT2D eigenvalue weighted by molar-refractivity contribution is -0.122. The average molecular weight is 562 g/mol. The number of amides is 1. The largest absolute Gasteiger partial charge is 0.493 e. The standard InChI is InChI=1S/C32H39N3O2S2/c1-5-8-13-24(7-3)21-34-31(36)29(39-32(34)38)20-26-22-35(27-14-11-10-12-15-27)33-30(26)25-16-17-28(23(4)19-25)37-18-9-6-2/h10-12,14-17,19-20,22,24H,5-9,13,18,21H2,1-4H3/b29-20+. The molecule has 0 N–H and O–H groups in total. The number of para-hydroxylation sites is 1. The molecule has 0 spiro atoms. The first kappa shape index (κ1) is 29.1. The first-order chi connectivity index (χ1) is 18.9. The second kappa shape index (κ2) is 13.9. The van der Waals surface area contributed by atoms with Crippen LogP contribution in [0.15, 0.2) is 59.6 Å². The van der Waals surface area contributed by atoms with Crippen LogP contribution in [-0.2, 0) is 4.79 Å². The summed E-state index contributed by atoms with van der Waals surface area (Å²) in [4.78, 5) is 15.9. The molecule has 1 atom stereocenters. The molecule has 5 nitrogen and oxygen atoms in total. The number of unbranched alkanes of at least 4 members (excludes halogenated alkanes) is 2. The molecule has 1 aliphatic rings. The van der Waals surface area contributed by atoms with Gasteiger partial charge in [-0.25, -0.2) is 4.68 Å². The molecule has 0 bridgehead atoms. The van der Waals surface area contributed by atoms with Crippen molar-refractivity contribution in [2.24, 2.45) is 5.92 Å². The number of aryl methyl sites for hydroxylation is 1. The van der Waals surface area contributed by atoms with Crippen LogP contribution < -0.4 is 4.74 Å². The summed E-state index contributed by atoms with van der Waals surface area (Å²) in [6.45, 7) is 10.0. The fourth-order valence-electron chi connectivity index (χ4n) is 4.69. The van der Waals surface area contributed by atoms with Crippen molar-refractivity contribution in [1.29, 1.82) is 0 Å². The Kier molecular flexibility index (Phi) is 10.4. The summed E-state index contributed by atoms with van der Waals surface area (Å²) in [6, 6.07) is 16.2. The molecule has 206 valence electrons. The SMILES string of the molecule is CCCCOc1ccc(-c2nn(-c3ccccc3)cc2/C=C2/SC(=S)N(CC(CC)CCCC)C2=O)cc1C. The third-order valence-corrected chi connectivity index (χ3v) is 8.49. The van der Waals surface area contributed by atoms with Crippen LogP contribution in [0.25, 0.3) is 23.0 Å². The Bertz CT molecular complexity index is 1320. The Morgan fingerprint density at radius 2 is 1.85 bits per heavy atom. The van der Waals surface area contributed by atoms with Gasteiger partial charge in [0, 0.05) is 23.9 Å². The lowest BCUT2D eigenvalue weighted by Gasteiger charge is -2.21. The number of carbonyl (C=O) groups is 1. The number of hydrogen-bond acceptors (Lipinski definition) is 5. The summed E-state index contributed by atoms with van der Waals surface area (Å²) in [7, 11) is 0. The van der Waals surface area contributed by atoms with Crippen molar-refractivity contribution in [3.63, 3.8) is 0 Å². The molecule has 0 radical (unpaired) electrons. The number of thiocarbonyl (C=S) groups is 1. The van der Waals surface area contributed by atoms with Crippen LogP contribution >= 0.6 is 24.0 Å². The van der Waals surface area contributed by atoms with E-state index in [1.165, 1.54) is 18.2 Å². The molecular weight excluding hydrogens is 523 g/mol. The summed E-state index contributed by atoms with van der Waals surface area (Å²) < 4.78 is 8.50. The van der Waals surface area contributed by atoms with Gasteiger partial charge in [-0.1, -0.05) is 88.6 Å². The second-order valence-corrected chi connectivity index (χ2v) is 11.8. The van der Waals surface area contributed by atoms with Gasteiger partial charge in [-0.15, -0.1) is 0 Å². The van der Waals surface area contributed by atoms with Gasteiger partial charge < -0.3 is 4.74 Å². The summed E-state index contributed by atoms with van der Waals surface area (Å²) in [5.74, 6) is 1.35. The van der Waals surface area contributed by atoms with E-state index < -0.39 is 0 Å². The van der Waals surface area contributed by atoms with E-state index in [-0.39, 0.29) is 5.91 Å². The normalized spacial score (nSPS) is 15.4. The van der Waals surface area contributed by atoms with Crippen molar-refractivity contribution in [3.8, 4) is 22.7 Å². The predicted molar refractivity (Wildman–Crippen MR) is 167 cm³/mol. The summed E-state index contributed by atoms with van der Waals surface area (Å²) >= 11 is 7.06. The van der Waals surface area contributed by atoms with E-state index in [9.17, 15) is 4.79 Å². The van der Waals surface area contributed by atoms with Gasteiger partial charge in [0.15, 0.2) is 0 Å². The first-order valence-corrected chi connectivity index (χ1v) is 15.3. The number of hydrogen-bond donors (Lipinski definition) is 0. The topological polar surface area (TPSA) is 47.4 Å². The molecule has 39 heavy (non-hydrogen) atoms. The molecule has 1 aromatic heterocycles. The molecule has 2 aromatic carbocycles. The number of benzene rings is 2. The van der Waals surface area contributed by atoms with Crippen LogP contribution in [0.3, 0.4) is 0 Å². The maximum absolute atomic E-state index is 13.5. The molecule has 4 rings (SSSR count). The van der Waals surface area contributed by atoms with E-state index in [2.05, 4.69) is 33.8 Å². The van der Waals surface area contributed by atoms with Crippen molar-refractivity contribution in [2.45, 2.75) is 66.2 Å². The van der Waals surface area contributed by atoms with Gasteiger partial charge in [0.1, 0.15) is 15.8 Å². The fraction of sp³-hybridized carbons (Fsp3) is 0.406. The Hall–Kier alpha value is -2.90. The van der Waals surface area contributed by atoms with Gasteiger partial charge in [-0.3, -0.25) is 9.69 Å². The lowest BCUT2D eigenvalue weighted by atomic mass is 9.99. The van der Waals surface area contributed by atoms with E-state index in [0.717, 1.165) is 65.9 Å². The zero-order chi connectivity index (χ0) is 27.8. The first-order valence-electron chi connectivity index (χ1n) is 14.1. The van der Waals surface area contributed by atoms with Gasteiger partial charge >= 0.3 is 0 Å². The number of ether oxygens (including phenoxy) is 1. The minimum Gasteiger partial charge on any atom is -0.493 e. The monoisotopic (exact) mass is 561 g/mol. The van der Waals surface area contributed by atoms with E-state index in [1.54, 1.807) is 4.90 Å². The molecule has 1 aliphatic heterocycles. The van der Waals surface area contributed by atoms with Crippen LogP contribution in [0.2, 0.25) is 0 Å². The van der Waals surface area contributed by atoms with Gasteiger partial charge in [0.05, 0.1) is 17.2 Å². The van der Waals surface area contributed by atoms with Gasteiger partial charge in [-0.05, 0) is 67.7 Å². The summed E-state index contributed by atoms with van der Waals surface area (Å²) in [6.07, 6.45) is 10.6. The van der Waals surface area contributed by atoms with Crippen LogP contribution in [0, 0.1) is 12.8 Å². The van der Waals surface area contributed by atoms with Crippen molar-refractivity contribution >= 4 is 40.3 Å². The highest BCUT2D eigenvalue weighted by Crippen LogP contribution is 2.36. The van der Waals surface area contributed by atoms with E-state index in [0.29, 0.717) is 28.3 Å². The Morgan fingerprint density at radius 3 is 2.54 bits per heavy atom. The molecule has 1 amide bonds. The minimum absolute atomic E-state index is 0.00536. The molecule has 7 heteroatoms. The highest BCUT2D eigenvalue weighted by molar-refractivity contribution is 8.26. The molecule has 2 heterocycles. The Balaban J connectivity index is 1.67.